The first-order valence-electron chi connectivity index (χ1n) is 6.01. The molecule has 1 unspecified atom stereocenters. The molecule has 3 heteroatoms. The van der Waals surface area contributed by atoms with Crippen LogP contribution in [0.1, 0.15) is 41.3 Å². The third-order valence-corrected chi connectivity index (χ3v) is 3.37. The van der Waals surface area contributed by atoms with Crippen molar-refractivity contribution in [3.05, 3.63) is 34.9 Å². The largest absolute Gasteiger partial charge is 0.352 e. The maximum atomic E-state index is 11.9. The third kappa shape index (κ3) is 4.50. The first-order valence-corrected chi connectivity index (χ1v) is 6.92. The van der Waals surface area contributed by atoms with Gasteiger partial charge in [-0.3, -0.25) is 4.79 Å². The Kier molecular flexibility index (Phi) is 5.69. The molecule has 0 heterocycles. The van der Waals surface area contributed by atoms with E-state index in [0.29, 0.717) is 4.83 Å². The summed E-state index contributed by atoms with van der Waals surface area (Å²) < 4.78 is 0. The van der Waals surface area contributed by atoms with Gasteiger partial charge < -0.3 is 5.32 Å². The molecule has 94 valence electrons. The van der Waals surface area contributed by atoms with Gasteiger partial charge in [0.1, 0.15) is 0 Å². The number of hydrogen-bond donors (Lipinski definition) is 1. The minimum Gasteiger partial charge on any atom is -0.352 e. The minimum atomic E-state index is 0.0356. The van der Waals surface area contributed by atoms with E-state index >= 15 is 0 Å². The second-order valence-electron chi connectivity index (χ2n) is 4.43. The van der Waals surface area contributed by atoms with Gasteiger partial charge in [-0.1, -0.05) is 35.0 Å². The monoisotopic (exact) mass is 297 g/mol. The zero-order chi connectivity index (χ0) is 12.8. The van der Waals surface area contributed by atoms with Crippen molar-refractivity contribution in [1.29, 1.82) is 0 Å². The van der Waals surface area contributed by atoms with Gasteiger partial charge in [0.2, 0.25) is 0 Å². The normalized spacial score (nSPS) is 12.2. The molecule has 0 fully saturated rings. The van der Waals surface area contributed by atoms with Crippen molar-refractivity contribution in [3.8, 4) is 0 Å². The van der Waals surface area contributed by atoms with Crippen LogP contribution in [-0.2, 0) is 0 Å². The van der Waals surface area contributed by atoms with Crippen LogP contribution in [0.3, 0.4) is 0 Å². The quantitative estimate of drug-likeness (QED) is 0.653. The number of aryl methyl sites for hydroxylation is 1. The van der Waals surface area contributed by atoms with Crippen LogP contribution in [-0.4, -0.2) is 17.3 Å². The molecule has 0 spiro atoms. The maximum Gasteiger partial charge on any atom is 0.251 e. The average Bonchev–Trinajstić information content (AvgIpc) is 2.27. The van der Waals surface area contributed by atoms with E-state index in [-0.39, 0.29) is 5.91 Å². The summed E-state index contributed by atoms with van der Waals surface area (Å²) in [4.78, 5) is 12.5. The van der Waals surface area contributed by atoms with E-state index in [9.17, 15) is 4.79 Å². The lowest BCUT2D eigenvalue weighted by Gasteiger charge is -2.09. The Morgan fingerprint density at radius 1 is 1.41 bits per heavy atom. The fourth-order valence-electron chi connectivity index (χ4n) is 1.68. The van der Waals surface area contributed by atoms with Crippen molar-refractivity contribution in [2.45, 2.75) is 38.4 Å². The van der Waals surface area contributed by atoms with E-state index in [4.69, 9.17) is 0 Å². The van der Waals surface area contributed by atoms with Crippen molar-refractivity contribution in [2.75, 3.05) is 6.54 Å². The SMILES string of the molecule is Cc1cccc(C(=O)NCCCC(C)Br)c1C. The van der Waals surface area contributed by atoms with E-state index in [1.807, 2.05) is 32.0 Å². The molecule has 0 bridgehead atoms. The maximum absolute atomic E-state index is 11.9. The molecule has 1 amide bonds. The fraction of sp³-hybridized carbons (Fsp3) is 0.500. The Morgan fingerprint density at radius 2 is 2.12 bits per heavy atom. The highest BCUT2D eigenvalue weighted by atomic mass is 79.9. The van der Waals surface area contributed by atoms with Crippen molar-refractivity contribution in [1.82, 2.24) is 5.32 Å². The van der Waals surface area contributed by atoms with E-state index in [2.05, 4.69) is 28.2 Å². The molecule has 0 aromatic heterocycles. The lowest BCUT2D eigenvalue weighted by Crippen LogP contribution is -2.25. The molecule has 0 saturated carbocycles. The zero-order valence-electron chi connectivity index (χ0n) is 10.7. The molecule has 17 heavy (non-hydrogen) atoms. The van der Waals surface area contributed by atoms with Crippen molar-refractivity contribution in [2.24, 2.45) is 0 Å². The summed E-state index contributed by atoms with van der Waals surface area (Å²) in [6, 6.07) is 5.83. The van der Waals surface area contributed by atoms with Gasteiger partial charge in [0.25, 0.3) is 5.91 Å². The van der Waals surface area contributed by atoms with E-state index in [1.165, 1.54) is 0 Å². The summed E-state index contributed by atoms with van der Waals surface area (Å²) >= 11 is 3.49. The van der Waals surface area contributed by atoms with Crippen LogP contribution in [0.15, 0.2) is 18.2 Å². The molecule has 1 N–H and O–H groups in total. The Hall–Kier alpha value is -0.830. The zero-order valence-corrected chi connectivity index (χ0v) is 12.3. The number of nitrogens with one attached hydrogen (secondary N) is 1. The van der Waals surface area contributed by atoms with Gasteiger partial charge in [-0.2, -0.15) is 0 Å². The number of benzene rings is 1. The average molecular weight is 298 g/mol. The number of carbonyl (C=O) groups is 1. The van der Waals surface area contributed by atoms with Crippen LogP contribution in [0.4, 0.5) is 0 Å². The van der Waals surface area contributed by atoms with Gasteiger partial charge >= 0.3 is 0 Å². The Bertz CT molecular complexity index is 388. The van der Waals surface area contributed by atoms with Crippen molar-refractivity contribution < 1.29 is 4.79 Å². The smallest absolute Gasteiger partial charge is 0.251 e. The van der Waals surface area contributed by atoms with Gasteiger partial charge in [0, 0.05) is 16.9 Å². The minimum absolute atomic E-state index is 0.0356. The van der Waals surface area contributed by atoms with Crippen LogP contribution in [0.5, 0.6) is 0 Å². The van der Waals surface area contributed by atoms with Gasteiger partial charge in [-0.05, 0) is 43.9 Å². The number of carbonyl (C=O) groups excluding carboxylic acids is 1. The molecule has 0 aliphatic rings. The highest BCUT2D eigenvalue weighted by molar-refractivity contribution is 9.09. The number of alkyl halides is 1. The fourth-order valence-corrected chi connectivity index (χ4v) is 2.00. The third-order valence-electron chi connectivity index (χ3n) is 2.91. The standard InChI is InChI=1S/C14H20BrNO/c1-10-6-4-8-13(12(10)3)14(17)16-9-5-7-11(2)15/h4,6,8,11H,5,7,9H2,1-3H3,(H,16,17). The first-order chi connectivity index (χ1) is 8.02. The molecular weight excluding hydrogens is 278 g/mol. The van der Waals surface area contributed by atoms with Crippen molar-refractivity contribution in [3.63, 3.8) is 0 Å². The van der Waals surface area contributed by atoms with Crippen LogP contribution in [0.25, 0.3) is 0 Å². The van der Waals surface area contributed by atoms with E-state index < -0.39 is 0 Å². The predicted octanol–water partition coefficient (Wildman–Crippen LogP) is 3.60. The molecule has 0 saturated heterocycles. The first kappa shape index (κ1) is 14.2. The van der Waals surface area contributed by atoms with Crippen LogP contribution in [0, 0.1) is 13.8 Å². The predicted molar refractivity (Wildman–Crippen MR) is 75.9 cm³/mol. The number of amides is 1. The van der Waals surface area contributed by atoms with Crippen LogP contribution in [0.2, 0.25) is 0 Å². The molecule has 0 radical (unpaired) electrons. The van der Waals surface area contributed by atoms with Gasteiger partial charge in [0.05, 0.1) is 0 Å². The highest BCUT2D eigenvalue weighted by Crippen LogP contribution is 2.12. The van der Waals surface area contributed by atoms with Crippen LogP contribution < -0.4 is 5.32 Å². The molecule has 1 atom stereocenters. The summed E-state index contributed by atoms with van der Waals surface area (Å²) in [6.45, 7) is 6.87. The summed E-state index contributed by atoms with van der Waals surface area (Å²) in [5.41, 5.74) is 3.02. The van der Waals surface area contributed by atoms with Gasteiger partial charge in [-0.15, -0.1) is 0 Å². The summed E-state index contributed by atoms with van der Waals surface area (Å²) in [6.07, 6.45) is 2.08. The van der Waals surface area contributed by atoms with E-state index in [0.717, 1.165) is 36.1 Å². The second-order valence-corrected chi connectivity index (χ2v) is 5.99. The molecular formula is C14H20BrNO. The summed E-state index contributed by atoms with van der Waals surface area (Å²) in [7, 11) is 0. The summed E-state index contributed by atoms with van der Waals surface area (Å²) in [5, 5.41) is 2.96. The number of hydrogen-bond acceptors (Lipinski definition) is 1. The van der Waals surface area contributed by atoms with Gasteiger partial charge in [-0.25, -0.2) is 0 Å². The van der Waals surface area contributed by atoms with Gasteiger partial charge in [0.15, 0.2) is 0 Å². The van der Waals surface area contributed by atoms with Crippen molar-refractivity contribution >= 4 is 21.8 Å². The summed E-state index contributed by atoms with van der Waals surface area (Å²) in [5.74, 6) is 0.0356. The molecule has 1 aromatic rings. The lowest BCUT2D eigenvalue weighted by molar-refractivity contribution is 0.0952. The Labute approximate surface area is 112 Å². The molecule has 1 aromatic carbocycles. The Morgan fingerprint density at radius 3 is 2.76 bits per heavy atom. The topological polar surface area (TPSA) is 29.1 Å². The Balaban J connectivity index is 2.50. The molecule has 0 aliphatic heterocycles. The molecule has 2 nitrogen and oxygen atoms in total. The second kappa shape index (κ2) is 6.80. The lowest BCUT2D eigenvalue weighted by atomic mass is 10.0. The number of halogens is 1. The number of rotatable bonds is 5. The molecule has 0 aliphatic carbocycles. The molecule has 1 rings (SSSR count). The highest BCUT2D eigenvalue weighted by Gasteiger charge is 2.09. The van der Waals surface area contributed by atoms with E-state index in [1.54, 1.807) is 0 Å². The van der Waals surface area contributed by atoms with Crippen LogP contribution >= 0.6 is 15.9 Å².